The van der Waals surface area contributed by atoms with Crippen LogP contribution in [0, 0.1) is 0 Å². The Bertz CT molecular complexity index is 659. The molecule has 0 fully saturated rings. The first kappa shape index (κ1) is 17.1. The molecule has 5 heteroatoms. The van der Waals surface area contributed by atoms with Crippen LogP contribution < -0.4 is 0 Å². The number of carbonyl (C=O) groups excluding carboxylic acids is 2. The highest BCUT2D eigenvalue weighted by atomic mass is 16.5. The first-order chi connectivity index (χ1) is 10.9. The summed E-state index contributed by atoms with van der Waals surface area (Å²) in [5.74, 6) is -0.696. The van der Waals surface area contributed by atoms with Crippen molar-refractivity contribution in [1.82, 2.24) is 4.57 Å². The lowest BCUT2D eigenvalue weighted by molar-refractivity contribution is -0.144. The van der Waals surface area contributed by atoms with Crippen LogP contribution in [-0.2, 0) is 32.2 Å². The highest BCUT2D eigenvalue weighted by Crippen LogP contribution is 2.33. The van der Waals surface area contributed by atoms with Gasteiger partial charge in [0.25, 0.3) is 0 Å². The topological polar surface area (TPSA) is 57.5 Å². The summed E-state index contributed by atoms with van der Waals surface area (Å²) in [5, 5.41) is 0. The zero-order chi connectivity index (χ0) is 17.0. The largest absolute Gasteiger partial charge is 0.458 e. The fourth-order valence-corrected chi connectivity index (χ4v) is 2.58. The number of carbonyl (C=O) groups is 2. The second kappa shape index (κ2) is 7.31. The quantitative estimate of drug-likeness (QED) is 0.616. The minimum atomic E-state index is -0.360. The molecule has 2 rings (SSSR count). The molecule has 0 unspecified atom stereocenters. The van der Waals surface area contributed by atoms with E-state index in [-0.39, 0.29) is 24.6 Å². The molecule has 1 aromatic heterocycles. The SMILES string of the molecule is CC(C)=CC(=O)OCc1ccn2c1[C@H](OC(=O)C=C(C)C)CC2. The van der Waals surface area contributed by atoms with E-state index in [0.29, 0.717) is 0 Å². The average molecular weight is 317 g/mol. The molecule has 0 spiro atoms. The molecule has 1 aromatic rings. The smallest absolute Gasteiger partial charge is 0.331 e. The van der Waals surface area contributed by atoms with Crippen molar-refractivity contribution in [3.05, 3.63) is 46.8 Å². The minimum Gasteiger partial charge on any atom is -0.458 e. The molecule has 0 aromatic carbocycles. The Hall–Kier alpha value is -2.30. The number of nitrogens with zero attached hydrogens (tertiary/aromatic N) is 1. The highest BCUT2D eigenvalue weighted by molar-refractivity contribution is 5.83. The lowest BCUT2D eigenvalue weighted by atomic mass is 10.1. The maximum atomic E-state index is 11.8. The normalized spacial score (nSPS) is 15.6. The Balaban J connectivity index is 2.06. The number of ether oxygens (including phenoxy) is 2. The Morgan fingerprint density at radius 3 is 2.48 bits per heavy atom. The molecule has 2 heterocycles. The van der Waals surface area contributed by atoms with E-state index in [4.69, 9.17) is 9.47 Å². The third-order valence-corrected chi connectivity index (χ3v) is 3.47. The van der Waals surface area contributed by atoms with Crippen molar-refractivity contribution in [2.75, 3.05) is 0 Å². The third kappa shape index (κ3) is 4.58. The second-order valence-corrected chi connectivity index (χ2v) is 6.18. The number of hydrogen-bond donors (Lipinski definition) is 0. The van der Waals surface area contributed by atoms with Gasteiger partial charge in [-0.25, -0.2) is 9.59 Å². The number of fused-ring (bicyclic) bond motifs is 1. The van der Waals surface area contributed by atoms with Crippen LogP contribution >= 0.6 is 0 Å². The summed E-state index contributed by atoms with van der Waals surface area (Å²) in [6, 6.07) is 1.91. The zero-order valence-corrected chi connectivity index (χ0v) is 14.1. The summed E-state index contributed by atoms with van der Waals surface area (Å²) in [7, 11) is 0. The van der Waals surface area contributed by atoms with Crippen LogP contribution in [0.1, 0.15) is 51.5 Å². The van der Waals surface area contributed by atoms with Gasteiger partial charge in [0, 0.05) is 36.9 Å². The van der Waals surface area contributed by atoms with Crippen LogP contribution in [0.2, 0.25) is 0 Å². The van der Waals surface area contributed by atoms with Crippen molar-refractivity contribution < 1.29 is 19.1 Å². The van der Waals surface area contributed by atoms with Crippen LogP contribution in [0.3, 0.4) is 0 Å². The van der Waals surface area contributed by atoms with Gasteiger partial charge < -0.3 is 14.0 Å². The Morgan fingerprint density at radius 2 is 1.83 bits per heavy atom. The van der Waals surface area contributed by atoms with Crippen molar-refractivity contribution in [3.8, 4) is 0 Å². The van der Waals surface area contributed by atoms with Crippen molar-refractivity contribution in [1.29, 1.82) is 0 Å². The van der Waals surface area contributed by atoms with Crippen LogP contribution in [0.4, 0.5) is 0 Å². The first-order valence-electron chi connectivity index (χ1n) is 7.72. The number of aromatic nitrogens is 1. The second-order valence-electron chi connectivity index (χ2n) is 6.18. The molecule has 0 saturated carbocycles. The van der Waals surface area contributed by atoms with Gasteiger partial charge in [-0.1, -0.05) is 11.1 Å². The third-order valence-electron chi connectivity index (χ3n) is 3.47. The van der Waals surface area contributed by atoms with E-state index >= 15 is 0 Å². The molecular formula is C18H23NO4. The summed E-state index contributed by atoms with van der Waals surface area (Å²) in [5.41, 5.74) is 3.60. The summed E-state index contributed by atoms with van der Waals surface area (Å²) in [6.07, 6.45) is 5.34. The van der Waals surface area contributed by atoms with Gasteiger partial charge in [0.05, 0.1) is 5.69 Å². The van der Waals surface area contributed by atoms with E-state index in [2.05, 4.69) is 0 Å². The van der Waals surface area contributed by atoms with E-state index in [1.807, 2.05) is 44.5 Å². The minimum absolute atomic E-state index is 0.182. The standard InChI is InChI=1S/C18H23NO4/c1-12(2)9-16(20)22-11-14-5-7-19-8-6-15(18(14)19)23-17(21)10-13(3)4/h5,7,9-10,15H,6,8,11H2,1-4H3/t15-/m1/s1. The fraction of sp³-hybridized carbons (Fsp3) is 0.444. The lowest BCUT2D eigenvalue weighted by Crippen LogP contribution is -2.10. The predicted molar refractivity (Wildman–Crippen MR) is 86.5 cm³/mol. The van der Waals surface area contributed by atoms with Crippen molar-refractivity contribution in [3.63, 3.8) is 0 Å². The van der Waals surface area contributed by atoms with Gasteiger partial charge in [0.2, 0.25) is 0 Å². The molecule has 0 bridgehead atoms. The fourth-order valence-electron chi connectivity index (χ4n) is 2.58. The summed E-state index contributed by atoms with van der Waals surface area (Å²) >= 11 is 0. The Kier molecular flexibility index (Phi) is 5.42. The van der Waals surface area contributed by atoms with E-state index < -0.39 is 0 Å². The van der Waals surface area contributed by atoms with Gasteiger partial charge in [-0.3, -0.25) is 0 Å². The van der Waals surface area contributed by atoms with Gasteiger partial charge in [0.15, 0.2) is 0 Å². The molecule has 0 aliphatic carbocycles. The summed E-state index contributed by atoms with van der Waals surface area (Å²) in [6.45, 7) is 8.37. The van der Waals surface area contributed by atoms with Gasteiger partial charge >= 0.3 is 11.9 Å². The van der Waals surface area contributed by atoms with Crippen molar-refractivity contribution in [2.45, 2.75) is 53.4 Å². The van der Waals surface area contributed by atoms with Crippen LogP contribution in [0.15, 0.2) is 35.6 Å². The molecule has 1 aliphatic heterocycles. The maximum absolute atomic E-state index is 11.8. The van der Waals surface area contributed by atoms with Crippen LogP contribution in [0.5, 0.6) is 0 Å². The monoisotopic (exact) mass is 317 g/mol. The van der Waals surface area contributed by atoms with Gasteiger partial charge in [0.1, 0.15) is 12.7 Å². The Morgan fingerprint density at radius 1 is 1.17 bits per heavy atom. The molecule has 0 N–H and O–H groups in total. The lowest BCUT2D eigenvalue weighted by Gasteiger charge is -2.13. The number of rotatable bonds is 5. The average Bonchev–Trinajstić information content (AvgIpc) is 2.98. The zero-order valence-electron chi connectivity index (χ0n) is 14.1. The number of esters is 2. The molecular weight excluding hydrogens is 294 g/mol. The van der Waals surface area contributed by atoms with E-state index in [1.54, 1.807) is 0 Å². The van der Waals surface area contributed by atoms with E-state index in [9.17, 15) is 9.59 Å². The summed E-state index contributed by atoms with van der Waals surface area (Å²) < 4.78 is 12.8. The van der Waals surface area contributed by atoms with Crippen LogP contribution in [0.25, 0.3) is 0 Å². The van der Waals surface area contributed by atoms with Crippen molar-refractivity contribution in [2.24, 2.45) is 0 Å². The predicted octanol–water partition coefficient (Wildman–Crippen LogP) is 3.45. The number of aryl methyl sites for hydroxylation is 1. The molecule has 1 aliphatic rings. The molecule has 1 atom stereocenters. The van der Waals surface area contributed by atoms with Crippen LogP contribution in [-0.4, -0.2) is 16.5 Å². The Labute approximate surface area is 136 Å². The molecule has 0 saturated heterocycles. The van der Waals surface area contributed by atoms with E-state index in [1.165, 1.54) is 12.2 Å². The van der Waals surface area contributed by atoms with Gasteiger partial charge in [-0.15, -0.1) is 0 Å². The molecule has 23 heavy (non-hydrogen) atoms. The first-order valence-corrected chi connectivity index (χ1v) is 7.72. The molecule has 0 amide bonds. The molecule has 124 valence electrons. The summed E-state index contributed by atoms with van der Waals surface area (Å²) in [4.78, 5) is 23.5. The molecule has 0 radical (unpaired) electrons. The number of hydrogen-bond acceptors (Lipinski definition) is 4. The maximum Gasteiger partial charge on any atom is 0.331 e. The molecule has 5 nitrogen and oxygen atoms in total. The van der Waals surface area contributed by atoms with Crippen molar-refractivity contribution >= 4 is 11.9 Å². The van der Waals surface area contributed by atoms with Gasteiger partial charge in [-0.2, -0.15) is 0 Å². The van der Waals surface area contributed by atoms with E-state index in [0.717, 1.165) is 35.4 Å². The highest BCUT2D eigenvalue weighted by Gasteiger charge is 2.28. The number of allylic oxidation sites excluding steroid dienone is 2. The van der Waals surface area contributed by atoms with Gasteiger partial charge in [-0.05, 0) is 33.8 Å².